The Morgan fingerprint density at radius 3 is 2.65 bits per heavy atom. The molecule has 2 aromatic rings. The topological polar surface area (TPSA) is 42.8 Å². The number of nitrogens with one attached hydrogen (secondary N) is 1. The van der Waals surface area contributed by atoms with E-state index in [0.717, 1.165) is 21.9 Å². The lowest BCUT2D eigenvalue weighted by atomic mass is 10.2. The third-order valence-corrected chi connectivity index (χ3v) is 3.45. The molecule has 0 saturated carbocycles. The lowest BCUT2D eigenvalue weighted by Gasteiger charge is -2.13. The fourth-order valence-electron chi connectivity index (χ4n) is 2.01. The van der Waals surface area contributed by atoms with E-state index in [4.69, 9.17) is 21.1 Å². The first-order valence-electron chi connectivity index (χ1n) is 7.44. The van der Waals surface area contributed by atoms with Gasteiger partial charge in [0, 0.05) is 5.02 Å². The van der Waals surface area contributed by atoms with Crippen LogP contribution in [0.25, 0.3) is 0 Å². The Morgan fingerprint density at radius 1 is 1.17 bits per heavy atom. The van der Waals surface area contributed by atoms with Crippen LogP contribution in [0.2, 0.25) is 5.02 Å². The van der Waals surface area contributed by atoms with Gasteiger partial charge in [-0.25, -0.2) is 0 Å². The summed E-state index contributed by atoms with van der Waals surface area (Å²) in [6.07, 6.45) is 1.83. The summed E-state index contributed by atoms with van der Waals surface area (Å²) in [7, 11) is 1.62. The van der Waals surface area contributed by atoms with Crippen molar-refractivity contribution in [3.8, 4) is 11.5 Å². The number of hydrazone groups is 1. The lowest BCUT2D eigenvalue weighted by Crippen LogP contribution is -2.07. The van der Waals surface area contributed by atoms with Crippen molar-refractivity contribution in [2.24, 2.45) is 5.10 Å². The van der Waals surface area contributed by atoms with Crippen molar-refractivity contribution in [3.63, 3.8) is 0 Å². The van der Waals surface area contributed by atoms with Gasteiger partial charge in [-0.05, 0) is 49.2 Å². The SMILES string of the molecule is COc1cc(/C=N\NCc2ccccc2Cl)ccc1OC(C)C. The molecule has 0 aliphatic heterocycles. The van der Waals surface area contributed by atoms with Crippen molar-refractivity contribution in [3.05, 3.63) is 58.6 Å². The third-order valence-electron chi connectivity index (χ3n) is 3.08. The highest BCUT2D eigenvalue weighted by Crippen LogP contribution is 2.28. The van der Waals surface area contributed by atoms with Gasteiger partial charge in [0.15, 0.2) is 11.5 Å². The third kappa shape index (κ3) is 5.18. The predicted molar refractivity (Wildman–Crippen MR) is 94.6 cm³/mol. The van der Waals surface area contributed by atoms with Crippen molar-refractivity contribution in [1.82, 2.24) is 5.43 Å². The van der Waals surface area contributed by atoms with E-state index in [1.54, 1.807) is 13.3 Å². The summed E-state index contributed by atoms with van der Waals surface area (Å²) in [5, 5.41) is 4.94. The van der Waals surface area contributed by atoms with Crippen LogP contribution >= 0.6 is 11.6 Å². The Balaban J connectivity index is 1.98. The molecule has 0 bridgehead atoms. The highest BCUT2D eigenvalue weighted by molar-refractivity contribution is 6.31. The molecule has 0 aromatic heterocycles. The van der Waals surface area contributed by atoms with Gasteiger partial charge >= 0.3 is 0 Å². The molecule has 2 rings (SSSR count). The summed E-state index contributed by atoms with van der Waals surface area (Å²) in [6.45, 7) is 4.53. The van der Waals surface area contributed by atoms with Crippen LogP contribution in [-0.4, -0.2) is 19.4 Å². The summed E-state index contributed by atoms with van der Waals surface area (Å²) in [5.41, 5.74) is 4.91. The number of ether oxygens (including phenoxy) is 2. The van der Waals surface area contributed by atoms with E-state index in [2.05, 4.69) is 10.5 Å². The van der Waals surface area contributed by atoms with Crippen molar-refractivity contribution in [2.75, 3.05) is 7.11 Å². The van der Waals surface area contributed by atoms with Gasteiger partial charge in [-0.15, -0.1) is 0 Å². The van der Waals surface area contributed by atoms with Crippen LogP contribution in [0.4, 0.5) is 0 Å². The molecule has 0 fully saturated rings. The average Bonchev–Trinajstić information content (AvgIpc) is 2.53. The van der Waals surface area contributed by atoms with E-state index < -0.39 is 0 Å². The Labute approximate surface area is 142 Å². The number of nitrogens with zero attached hydrogens (tertiary/aromatic N) is 1. The first kappa shape index (κ1) is 17.2. The van der Waals surface area contributed by atoms with Gasteiger partial charge in [-0.2, -0.15) is 5.10 Å². The number of hydrogen-bond acceptors (Lipinski definition) is 4. The molecule has 0 spiro atoms. The minimum absolute atomic E-state index is 0.0979. The molecule has 0 radical (unpaired) electrons. The summed E-state index contributed by atoms with van der Waals surface area (Å²) in [4.78, 5) is 0. The van der Waals surface area contributed by atoms with Gasteiger partial charge in [0.25, 0.3) is 0 Å². The first-order valence-corrected chi connectivity index (χ1v) is 7.82. The van der Waals surface area contributed by atoms with Gasteiger partial charge in [0.05, 0.1) is 26.0 Å². The fraction of sp³-hybridized carbons (Fsp3) is 0.278. The quantitative estimate of drug-likeness (QED) is 0.608. The van der Waals surface area contributed by atoms with E-state index in [9.17, 15) is 0 Å². The fourth-order valence-corrected chi connectivity index (χ4v) is 2.21. The van der Waals surface area contributed by atoms with Gasteiger partial charge in [-0.3, -0.25) is 0 Å². The van der Waals surface area contributed by atoms with E-state index >= 15 is 0 Å². The molecule has 23 heavy (non-hydrogen) atoms. The zero-order chi connectivity index (χ0) is 16.7. The molecule has 0 unspecified atom stereocenters. The van der Waals surface area contributed by atoms with Gasteiger partial charge in [0.2, 0.25) is 0 Å². The largest absolute Gasteiger partial charge is 0.493 e. The highest BCUT2D eigenvalue weighted by atomic mass is 35.5. The van der Waals surface area contributed by atoms with Crippen molar-refractivity contribution < 1.29 is 9.47 Å². The molecule has 0 aliphatic rings. The number of rotatable bonds is 7. The monoisotopic (exact) mass is 332 g/mol. The van der Waals surface area contributed by atoms with Crippen molar-refractivity contribution in [2.45, 2.75) is 26.5 Å². The highest BCUT2D eigenvalue weighted by Gasteiger charge is 2.06. The minimum atomic E-state index is 0.0979. The van der Waals surface area contributed by atoms with Crippen LogP contribution in [0.15, 0.2) is 47.6 Å². The predicted octanol–water partition coefficient (Wildman–Crippen LogP) is 4.26. The minimum Gasteiger partial charge on any atom is -0.493 e. The van der Waals surface area contributed by atoms with Gasteiger partial charge < -0.3 is 14.9 Å². The summed E-state index contributed by atoms with van der Waals surface area (Å²) < 4.78 is 11.0. The molecular weight excluding hydrogens is 312 g/mol. The molecule has 4 nitrogen and oxygen atoms in total. The Bertz CT molecular complexity index is 672. The molecule has 0 saturated heterocycles. The second-order valence-corrected chi connectivity index (χ2v) is 5.67. The molecule has 5 heteroatoms. The maximum Gasteiger partial charge on any atom is 0.161 e. The molecule has 0 heterocycles. The second-order valence-electron chi connectivity index (χ2n) is 5.26. The van der Waals surface area contributed by atoms with Crippen LogP contribution in [0.3, 0.4) is 0 Å². The standard InChI is InChI=1S/C18H21ClN2O2/c1-13(2)23-17-9-8-14(10-18(17)22-3)11-20-21-12-15-6-4-5-7-16(15)19/h4-11,13,21H,12H2,1-3H3/b20-11-. The Morgan fingerprint density at radius 2 is 1.96 bits per heavy atom. The van der Waals surface area contributed by atoms with Crippen LogP contribution in [0.5, 0.6) is 11.5 Å². The number of halogens is 1. The number of hydrogen-bond donors (Lipinski definition) is 1. The van der Waals surface area contributed by atoms with Gasteiger partial charge in [-0.1, -0.05) is 29.8 Å². The molecule has 0 amide bonds. The van der Waals surface area contributed by atoms with Crippen LogP contribution < -0.4 is 14.9 Å². The van der Waals surface area contributed by atoms with Crippen molar-refractivity contribution in [1.29, 1.82) is 0 Å². The Kier molecular flexibility index (Phi) is 6.29. The first-order chi connectivity index (χ1) is 11.1. The van der Waals surface area contributed by atoms with Crippen molar-refractivity contribution >= 4 is 17.8 Å². The second kappa shape index (κ2) is 8.44. The zero-order valence-corrected chi connectivity index (χ0v) is 14.3. The Hall–Kier alpha value is -2.20. The lowest BCUT2D eigenvalue weighted by molar-refractivity contribution is 0.230. The number of benzene rings is 2. The van der Waals surface area contributed by atoms with Crippen LogP contribution in [-0.2, 0) is 6.54 Å². The summed E-state index contributed by atoms with van der Waals surface area (Å²) >= 11 is 6.10. The summed E-state index contributed by atoms with van der Waals surface area (Å²) in [6, 6.07) is 13.4. The van der Waals surface area contributed by atoms with E-state index in [1.807, 2.05) is 56.3 Å². The summed E-state index contributed by atoms with van der Waals surface area (Å²) in [5.74, 6) is 1.41. The van der Waals surface area contributed by atoms with Crippen LogP contribution in [0, 0.1) is 0 Å². The number of methoxy groups -OCH3 is 1. The van der Waals surface area contributed by atoms with Gasteiger partial charge in [0.1, 0.15) is 0 Å². The molecule has 1 N–H and O–H groups in total. The maximum absolute atomic E-state index is 6.10. The van der Waals surface area contributed by atoms with Crippen LogP contribution in [0.1, 0.15) is 25.0 Å². The smallest absolute Gasteiger partial charge is 0.161 e. The normalized spacial score (nSPS) is 11.0. The van der Waals surface area contributed by atoms with E-state index in [0.29, 0.717) is 12.3 Å². The van der Waals surface area contributed by atoms with E-state index in [-0.39, 0.29) is 6.10 Å². The maximum atomic E-state index is 6.10. The molecular formula is C18H21ClN2O2. The molecule has 0 aliphatic carbocycles. The zero-order valence-electron chi connectivity index (χ0n) is 13.5. The molecule has 2 aromatic carbocycles. The average molecular weight is 333 g/mol. The van der Waals surface area contributed by atoms with E-state index in [1.165, 1.54) is 0 Å². The molecule has 122 valence electrons. The molecule has 0 atom stereocenters.